The molecule has 3 rings (SSSR count). The molecule has 0 bridgehead atoms. The zero-order chi connectivity index (χ0) is 14.8. The zero-order valence-electron chi connectivity index (χ0n) is 11.2. The summed E-state index contributed by atoms with van der Waals surface area (Å²) in [5, 5.41) is 10.3. The molecule has 2 N–H and O–H groups in total. The van der Waals surface area contributed by atoms with Crippen LogP contribution in [-0.4, -0.2) is 28.9 Å². The summed E-state index contributed by atoms with van der Waals surface area (Å²) in [6, 6.07) is 2.95. The number of H-pyrrole nitrogens is 1. The van der Waals surface area contributed by atoms with Gasteiger partial charge in [-0.05, 0) is 37.0 Å². The lowest BCUT2D eigenvalue weighted by Crippen LogP contribution is -2.41. The number of amides is 2. The van der Waals surface area contributed by atoms with Crippen molar-refractivity contribution in [2.24, 2.45) is 10.2 Å². The van der Waals surface area contributed by atoms with Crippen LogP contribution in [0.1, 0.15) is 29.6 Å². The van der Waals surface area contributed by atoms with E-state index in [1.54, 1.807) is 6.07 Å². The van der Waals surface area contributed by atoms with E-state index in [0.717, 1.165) is 18.4 Å². The van der Waals surface area contributed by atoms with E-state index in [1.807, 2.05) is 0 Å². The minimum absolute atomic E-state index is 0.0454. The van der Waals surface area contributed by atoms with Gasteiger partial charge in [0.1, 0.15) is 5.56 Å². The number of hydrogen-bond acceptors (Lipinski definition) is 4. The third kappa shape index (κ3) is 2.81. The highest BCUT2D eigenvalue weighted by Gasteiger charge is 2.29. The molecule has 7 heteroatoms. The first kappa shape index (κ1) is 13.4. The lowest BCUT2D eigenvalue weighted by Gasteiger charge is -2.29. The predicted octanol–water partition coefficient (Wildman–Crippen LogP) is 0.945. The summed E-state index contributed by atoms with van der Waals surface area (Å²) in [7, 11) is 0. The lowest BCUT2D eigenvalue weighted by molar-refractivity contribution is -0.114. The van der Waals surface area contributed by atoms with Crippen LogP contribution in [0.5, 0.6) is 0 Å². The van der Waals surface area contributed by atoms with Gasteiger partial charge in [-0.15, -0.1) is 5.11 Å². The molecule has 21 heavy (non-hydrogen) atoms. The quantitative estimate of drug-likeness (QED) is 0.845. The van der Waals surface area contributed by atoms with Gasteiger partial charge in [0.25, 0.3) is 17.4 Å². The number of carbonyl (C=O) groups excluding carboxylic acids is 2. The van der Waals surface area contributed by atoms with Gasteiger partial charge in [0.15, 0.2) is 0 Å². The third-order valence-electron chi connectivity index (χ3n) is 3.70. The van der Waals surface area contributed by atoms with E-state index in [0.29, 0.717) is 6.42 Å². The van der Waals surface area contributed by atoms with Crippen LogP contribution in [0.3, 0.4) is 0 Å². The summed E-state index contributed by atoms with van der Waals surface area (Å²) in [6.07, 6.45) is 5.01. The molecule has 2 heterocycles. The molecule has 0 radical (unpaired) electrons. The highest BCUT2D eigenvalue weighted by Crippen LogP contribution is 2.29. The first-order valence-electron chi connectivity index (χ1n) is 6.77. The minimum atomic E-state index is -0.412. The van der Waals surface area contributed by atoms with Crippen molar-refractivity contribution < 1.29 is 9.59 Å². The third-order valence-corrected chi connectivity index (χ3v) is 3.70. The van der Waals surface area contributed by atoms with Gasteiger partial charge in [0, 0.05) is 18.3 Å². The molecule has 2 unspecified atom stereocenters. The number of aromatic nitrogens is 1. The molecule has 0 saturated heterocycles. The maximum atomic E-state index is 12.1. The average Bonchev–Trinajstić information content (AvgIpc) is 2.47. The van der Waals surface area contributed by atoms with Crippen molar-refractivity contribution >= 4 is 11.8 Å². The molecule has 2 atom stereocenters. The standard InChI is InChI=1S/C14H14N4O3/c19-12-7-8-6-9(3-4-11(8)17-18-12)16-14(21)10-2-1-5-15-13(10)20/h1-2,5,7,9,11H,3-4,6H2,(H,15,20)(H,16,21). The van der Waals surface area contributed by atoms with Crippen LogP contribution in [-0.2, 0) is 4.79 Å². The SMILES string of the molecule is O=C1C=C2CC(NC(=O)c3ccc[nH]c3=O)CCC2N=N1. The van der Waals surface area contributed by atoms with Gasteiger partial charge in [-0.1, -0.05) is 0 Å². The van der Waals surface area contributed by atoms with Gasteiger partial charge in [-0.3, -0.25) is 14.4 Å². The van der Waals surface area contributed by atoms with Gasteiger partial charge in [0.05, 0.1) is 6.04 Å². The second kappa shape index (κ2) is 5.43. The van der Waals surface area contributed by atoms with E-state index in [1.165, 1.54) is 18.3 Å². The van der Waals surface area contributed by atoms with Crippen molar-refractivity contribution in [2.45, 2.75) is 31.3 Å². The summed E-state index contributed by atoms with van der Waals surface area (Å²) in [4.78, 5) is 37.4. The highest BCUT2D eigenvalue weighted by atomic mass is 16.2. The molecule has 1 aromatic heterocycles. The van der Waals surface area contributed by atoms with E-state index in [4.69, 9.17) is 0 Å². The molecule has 0 aromatic carbocycles. The fourth-order valence-electron chi connectivity index (χ4n) is 2.65. The number of pyridine rings is 1. The molecular weight excluding hydrogens is 272 g/mol. The van der Waals surface area contributed by atoms with Crippen LogP contribution in [0.2, 0.25) is 0 Å². The monoisotopic (exact) mass is 286 g/mol. The number of nitrogens with one attached hydrogen (secondary N) is 2. The largest absolute Gasteiger partial charge is 0.349 e. The highest BCUT2D eigenvalue weighted by molar-refractivity contribution is 5.94. The molecule has 0 spiro atoms. The topological polar surface area (TPSA) is 104 Å². The number of hydrogen-bond donors (Lipinski definition) is 2. The molecule has 1 saturated carbocycles. The Kier molecular flexibility index (Phi) is 3.47. The van der Waals surface area contributed by atoms with Crippen molar-refractivity contribution in [1.29, 1.82) is 0 Å². The molecule has 108 valence electrons. The number of azo groups is 1. The van der Waals surface area contributed by atoms with Crippen LogP contribution in [0.4, 0.5) is 0 Å². The lowest BCUT2D eigenvalue weighted by atomic mass is 9.86. The normalized spacial score (nSPS) is 24.2. The average molecular weight is 286 g/mol. The van der Waals surface area contributed by atoms with Crippen molar-refractivity contribution in [3.63, 3.8) is 0 Å². The van der Waals surface area contributed by atoms with E-state index in [9.17, 15) is 14.4 Å². The Morgan fingerprint density at radius 1 is 1.33 bits per heavy atom. The number of carbonyl (C=O) groups is 2. The van der Waals surface area contributed by atoms with Crippen molar-refractivity contribution in [3.05, 3.63) is 45.9 Å². The van der Waals surface area contributed by atoms with E-state index in [2.05, 4.69) is 20.5 Å². The van der Waals surface area contributed by atoms with Gasteiger partial charge in [-0.25, -0.2) is 0 Å². The molecule has 1 aromatic rings. The van der Waals surface area contributed by atoms with Crippen LogP contribution >= 0.6 is 0 Å². The first-order chi connectivity index (χ1) is 10.1. The van der Waals surface area contributed by atoms with Crippen LogP contribution in [0.25, 0.3) is 0 Å². The van der Waals surface area contributed by atoms with E-state index >= 15 is 0 Å². The van der Waals surface area contributed by atoms with Crippen LogP contribution in [0.15, 0.2) is 45.0 Å². The molecule has 2 amide bonds. The molecule has 2 aliphatic rings. The summed E-state index contributed by atoms with van der Waals surface area (Å²) in [5.74, 6) is -0.752. The first-order valence-corrected chi connectivity index (χ1v) is 6.77. The molecule has 1 aliphatic carbocycles. The minimum Gasteiger partial charge on any atom is -0.349 e. The van der Waals surface area contributed by atoms with Gasteiger partial charge in [0.2, 0.25) is 0 Å². The van der Waals surface area contributed by atoms with Gasteiger partial charge >= 0.3 is 0 Å². The number of rotatable bonds is 2. The summed E-state index contributed by atoms with van der Waals surface area (Å²) in [6.45, 7) is 0. The Morgan fingerprint density at radius 2 is 2.19 bits per heavy atom. The molecular formula is C14H14N4O3. The zero-order valence-corrected chi connectivity index (χ0v) is 11.2. The second-order valence-electron chi connectivity index (χ2n) is 5.15. The van der Waals surface area contributed by atoms with E-state index in [-0.39, 0.29) is 23.6 Å². The maximum Gasteiger partial charge on any atom is 0.287 e. The Morgan fingerprint density at radius 3 is 3.00 bits per heavy atom. The van der Waals surface area contributed by atoms with Crippen LogP contribution < -0.4 is 10.9 Å². The Balaban J connectivity index is 1.69. The smallest absolute Gasteiger partial charge is 0.287 e. The van der Waals surface area contributed by atoms with Gasteiger partial charge in [-0.2, -0.15) is 5.11 Å². The fourth-order valence-corrected chi connectivity index (χ4v) is 2.65. The summed E-state index contributed by atoms with van der Waals surface area (Å²) >= 11 is 0. The molecule has 1 fully saturated rings. The number of nitrogens with zero attached hydrogens (tertiary/aromatic N) is 2. The van der Waals surface area contributed by atoms with Crippen LogP contribution in [0, 0.1) is 0 Å². The predicted molar refractivity (Wildman–Crippen MR) is 73.9 cm³/mol. The fraction of sp³-hybridized carbons (Fsp3) is 0.357. The second-order valence-corrected chi connectivity index (χ2v) is 5.15. The molecule has 7 nitrogen and oxygen atoms in total. The molecule has 1 aliphatic heterocycles. The van der Waals surface area contributed by atoms with Crippen molar-refractivity contribution in [2.75, 3.05) is 0 Å². The summed E-state index contributed by atoms with van der Waals surface area (Å²) in [5.41, 5.74) is 0.575. The Hall–Kier alpha value is -2.57. The van der Waals surface area contributed by atoms with Gasteiger partial charge < -0.3 is 10.3 Å². The van der Waals surface area contributed by atoms with Crippen molar-refractivity contribution in [1.82, 2.24) is 10.3 Å². The number of aromatic amines is 1. The Bertz CT molecular complexity index is 704. The van der Waals surface area contributed by atoms with E-state index < -0.39 is 11.5 Å². The van der Waals surface area contributed by atoms with Crippen molar-refractivity contribution in [3.8, 4) is 0 Å². The number of fused-ring (bicyclic) bond motifs is 1. The summed E-state index contributed by atoms with van der Waals surface area (Å²) < 4.78 is 0. The Labute approximate surface area is 120 Å². The maximum absolute atomic E-state index is 12.1.